The highest BCUT2D eigenvalue weighted by Crippen LogP contribution is 2.47. The summed E-state index contributed by atoms with van der Waals surface area (Å²) in [6.07, 6.45) is 8.18. The van der Waals surface area contributed by atoms with E-state index in [0.29, 0.717) is 17.9 Å². The summed E-state index contributed by atoms with van der Waals surface area (Å²) in [6, 6.07) is 0.910. The van der Waals surface area contributed by atoms with Crippen molar-refractivity contribution in [2.75, 3.05) is 6.54 Å². The van der Waals surface area contributed by atoms with E-state index in [1.54, 1.807) is 39.2 Å². The molecule has 0 aromatic carbocycles. The van der Waals surface area contributed by atoms with Gasteiger partial charge < -0.3 is 9.47 Å². The summed E-state index contributed by atoms with van der Waals surface area (Å²) in [5, 5.41) is 0. The first kappa shape index (κ1) is 32.6. The highest BCUT2D eigenvalue weighted by Gasteiger charge is 2.52. The number of nitrogens with zero attached hydrogens (tertiary/aromatic N) is 2. The van der Waals surface area contributed by atoms with E-state index in [1.165, 1.54) is 18.2 Å². The van der Waals surface area contributed by atoms with Crippen molar-refractivity contribution in [3.63, 3.8) is 0 Å². The molecule has 1 aliphatic heterocycles. The number of hydrogen-bond acceptors (Lipinski definition) is 6. The summed E-state index contributed by atoms with van der Waals surface area (Å²) < 4.78 is 12.1. The molecule has 0 saturated heterocycles. The average molecular weight is 519 g/mol. The first-order chi connectivity index (χ1) is 17.5. The van der Waals surface area contributed by atoms with Gasteiger partial charge in [-0.15, -0.1) is 0 Å². The van der Waals surface area contributed by atoms with Crippen LogP contribution in [0.4, 0.5) is 4.79 Å². The number of carbonyl (C=O) groups excluding carboxylic acids is 3. The Morgan fingerprint density at radius 1 is 1.16 bits per heavy atom. The molecule has 0 bridgehead atoms. The lowest BCUT2D eigenvalue weighted by atomic mass is 9.66. The zero-order valence-electron chi connectivity index (χ0n) is 24.8. The molecule has 1 saturated carbocycles. The summed E-state index contributed by atoms with van der Waals surface area (Å²) >= 11 is 0. The van der Waals surface area contributed by atoms with Gasteiger partial charge in [0.05, 0.1) is 23.7 Å². The Balaban J connectivity index is 0.00000163. The molecule has 7 heteroatoms. The Labute approximate surface area is 224 Å². The predicted molar refractivity (Wildman–Crippen MR) is 148 cm³/mol. The highest BCUT2D eigenvalue weighted by atomic mass is 16.6. The minimum atomic E-state index is -0.770. The maximum atomic E-state index is 13.8. The molecule has 7 nitrogen and oxygen atoms in total. The van der Waals surface area contributed by atoms with Gasteiger partial charge in [0.25, 0.3) is 0 Å². The molecule has 2 aliphatic rings. The zero-order chi connectivity index (χ0) is 28.4. The van der Waals surface area contributed by atoms with Gasteiger partial charge in [0.2, 0.25) is 0 Å². The number of aromatic nitrogens is 1. The molecule has 1 fully saturated rings. The van der Waals surface area contributed by atoms with Gasteiger partial charge in [-0.1, -0.05) is 47.0 Å². The smallest absolute Gasteiger partial charge is 0.410 e. The van der Waals surface area contributed by atoms with Crippen LogP contribution in [-0.4, -0.2) is 51.3 Å². The van der Waals surface area contributed by atoms with Crippen LogP contribution in [0, 0.1) is 11.8 Å². The third-order valence-corrected chi connectivity index (χ3v) is 7.08. The van der Waals surface area contributed by atoms with Crippen molar-refractivity contribution in [2.24, 2.45) is 11.8 Å². The average Bonchev–Trinajstić information content (AvgIpc) is 2.87. The lowest BCUT2D eigenvalue weighted by molar-refractivity contribution is -0.124. The summed E-state index contributed by atoms with van der Waals surface area (Å²) in [5.74, 6) is -0.0652. The maximum absolute atomic E-state index is 13.8. The van der Waals surface area contributed by atoms with Crippen LogP contribution < -0.4 is 4.74 Å². The van der Waals surface area contributed by atoms with Gasteiger partial charge in [0.1, 0.15) is 17.0 Å². The molecule has 2 heterocycles. The maximum Gasteiger partial charge on any atom is 0.410 e. The van der Waals surface area contributed by atoms with E-state index < -0.39 is 29.3 Å². The van der Waals surface area contributed by atoms with E-state index in [4.69, 9.17) is 9.47 Å². The SMILES string of the molecule is CC.CC.CCN(C(=O)OC(C)(C)C)C(CC1C(=O)c2ccncc2OC1(C)C1CCCCC1)C(C)=O. The van der Waals surface area contributed by atoms with E-state index in [2.05, 4.69) is 4.98 Å². The fourth-order valence-electron chi connectivity index (χ4n) is 5.34. The Hall–Kier alpha value is -2.44. The van der Waals surface area contributed by atoms with Crippen molar-refractivity contribution in [3.05, 3.63) is 24.0 Å². The van der Waals surface area contributed by atoms with Crippen LogP contribution in [0.3, 0.4) is 0 Å². The Kier molecular flexibility index (Phi) is 12.8. The predicted octanol–water partition coefficient (Wildman–Crippen LogP) is 7.27. The first-order valence-electron chi connectivity index (χ1n) is 14.1. The molecule has 1 aromatic rings. The molecule has 1 aliphatic carbocycles. The molecule has 1 aromatic heterocycles. The minimum absolute atomic E-state index is 0.0433. The quantitative estimate of drug-likeness (QED) is 0.394. The molecule has 37 heavy (non-hydrogen) atoms. The molecule has 3 rings (SSSR count). The minimum Gasteiger partial charge on any atom is -0.484 e. The summed E-state index contributed by atoms with van der Waals surface area (Å²) in [4.78, 5) is 45.2. The summed E-state index contributed by atoms with van der Waals surface area (Å²) in [7, 11) is 0. The third-order valence-electron chi connectivity index (χ3n) is 7.08. The van der Waals surface area contributed by atoms with Gasteiger partial charge in [-0.25, -0.2) is 4.79 Å². The van der Waals surface area contributed by atoms with Crippen LogP contribution in [-0.2, 0) is 9.53 Å². The molecular formula is C30H50N2O5. The van der Waals surface area contributed by atoms with Crippen molar-refractivity contribution < 1.29 is 23.9 Å². The second-order valence-corrected chi connectivity index (χ2v) is 10.5. The van der Waals surface area contributed by atoms with Crippen molar-refractivity contribution >= 4 is 17.7 Å². The molecule has 0 radical (unpaired) electrons. The Morgan fingerprint density at radius 2 is 1.76 bits per heavy atom. The number of Topliss-reactive ketones (excluding diaryl/α,β-unsaturated/α-hetero) is 2. The first-order valence-corrected chi connectivity index (χ1v) is 14.1. The molecule has 0 N–H and O–H groups in total. The number of pyridine rings is 1. The largest absolute Gasteiger partial charge is 0.484 e. The Bertz CT molecular complexity index is 888. The second kappa shape index (κ2) is 14.5. The molecule has 0 spiro atoms. The van der Waals surface area contributed by atoms with E-state index in [1.807, 2.05) is 41.5 Å². The van der Waals surface area contributed by atoms with Crippen LogP contribution in [0.15, 0.2) is 18.5 Å². The monoisotopic (exact) mass is 518 g/mol. The summed E-state index contributed by atoms with van der Waals surface area (Å²) in [6.45, 7) is 19.0. The Morgan fingerprint density at radius 3 is 2.27 bits per heavy atom. The van der Waals surface area contributed by atoms with Crippen molar-refractivity contribution in [1.82, 2.24) is 9.88 Å². The van der Waals surface area contributed by atoms with E-state index >= 15 is 0 Å². The van der Waals surface area contributed by atoms with Gasteiger partial charge in [-0.05, 0) is 72.8 Å². The lowest BCUT2D eigenvalue weighted by Crippen LogP contribution is -2.57. The zero-order valence-corrected chi connectivity index (χ0v) is 24.8. The number of fused-ring (bicyclic) bond motifs is 1. The van der Waals surface area contributed by atoms with Crippen LogP contribution in [0.5, 0.6) is 5.75 Å². The molecule has 1 amide bonds. The lowest BCUT2D eigenvalue weighted by Gasteiger charge is -2.48. The van der Waals surface area contributed by atoms with Gasteiger partial charge in [-0.3, -0.25) is 19.5 Å². The molecule has 3 unspecified atom stereocenters. The highest BCUT2D eigenvalue weighted by molar-refractivity contribution is 6.02. The van der Waals surface area contributed by atoms with Crippen LogP contribution >= 0.6 is 0 Å². The molecular weight excluding hydrogens is 468 g/mol. The molecule has 3 atom stereocenters. The van der Waals surface area contributed by atoms with Gasteiger partial charge >= 0.3 is 6.09 Å². The normalized spacial score (nSPS) is 22.1. The van der Waals surface area contributed by atoms with Crippen LogP contribution in [0.25, 0.3) is 0 Å². The van der Waals surface area contributed by atoms with Gasteiger partial charge in [-0.2, -0.15) is 0 Å². The van der Waals surface area contributed by atoms with E-state index in [9.17, 15) is 14.4 Å². The van der Waals surface area contributed by atoms with Gasteiger partial charge in [0, 0.05) is 12.7 Å². The standard InChI is InChI=1S/C26H38N2O5.2C2H6/c1-7-28(24(31)33-25(3,4)5)21(17(2)29)15-20-23(30)19-13-14-27-16-22(19)32-26(20,6)18-11-9-8-10-12-18;2*1-2/h13-14,16,18,20-21H,7-12,15H2,1-6H3;2*1-2H3. The van der Waals surface area contributed by atoms with Gasteiger partial charge in [0.15, 0.2) is 11.6 Å². The number of carbonyl (C=O) groups is 3. The van der Waals surface area contributed by atoms with Crippen LogP contribution in [0.2, 0.25) is 0 Å². The van der Waals surface area contributed by atoms with E-state index in [0.717, 1.165) is 25.7 Å². The fraction of sp³-hybridized carbons (Fsp3) is 0.733. The number of amides is 1. The second-order valence-electron chi connectivity index (χ2n) is 10.5. The number of ether oxygens (including phenoxy) is 2. The van der Waals surface area contributed by atoms with Crippen molar-refractivity contribution in [1.29, 1.82) is 0 Å². The number of rotatable bonds is 6. The van der Waals surface area contributed by atoms with Crippen molar-refractivity contribution in [3.8, 4) is 5.75 Å². The van der Waals surface area contributed by atoms with Crippen LogP contribution in [0.1, 0.15) is 118 Å². The van der Waals surface area contributed by atoms with Crippen molar-refractivity contribution in [2.45, 2.75) is 125 Å². The topological polar surface area (TPSA) is 85.8 Å². The fourth-order valence-corrected chi connectivity index (χ4v) is 5.34. The number of ketones is 2. The summed E-state index contributed by atoms with van der Waals surface area (Å²) in [5.41, 5.74) is -0.960. The number of hydrogen-bond donors (Lipinski definition) is 0. The number of likely N-dealkylation sites (N-methyl/N-ethyl adjacent to an activating group) is 1. The molecule has 210 valence electrons. The third kappa shape index (κ3) is 8.02. The van der Waals surface area contributed by atoms with E-state index in [-0.39, 0.29) is 23.9 Å².